The Hall–Kier alpha value is -1.56. The summed E-state index contributed by atoms with van der Waals surface area (Å²) in [6, 6.07) is 5.66. The van der Waals surface area contributed by atoms with Crippen molar-refractivity contribution in [1.29, 1.82) is 0 Å². The highest BCUT2D eigenvalue weighted by Crippen LogP contribution is 2.24. The monoisotopic (exact) mass is 279 g/mol. The summed E-state index contributed by atoms with van der Waals surface area (Å²) in [5, 5.41) is 0. The molecule has 0 amide bonds. The summed E-state index contributed by atoms with van der Waals surface area (Å²) < 4.78 is 25.1. The highest BCUT2D eigenvalue weighted by molar-refractivity contribution is 7.91. The lowest BCUT2D eigenvalue weighted by atomic mass is 10.1. The molecule has 1 aliphatic heterocycles. The Morgan fingerprint density at radius 3 is 2.95 bits per heavy atom. The van der Waals surface area contributed by atoms with Gasteiger partial charge in [0.15, 0.2) is 9.84 Å². The number of anilines is 1. The molecule has 1 aliphatic rings. The summed E-state index contributed by atoms with van der Waals surface area (Å²) in [6.45, 7) is 2.66. The molecule has 1 fully saturated rings. The molecular formula is C13H17N3O2S. The number of fused-ring (bicyclic) bond motifs is 1. The highest BCUT2D eigenvalue weighted by atomic mass is 32.2. The van der Waals surface area contributed by atoms with Crippen LogP contribution in [0.3, 0.4) is 0 Å². The number of aryl methyl sites for hydroxylation is 1. The second-order valence-corrected chi connectivity index (χ2v) is 7.52. The number of rotatable bonds is 2. The van der Waals surface area contributed by atoms with E-state index < -0.39 is 9.84 Å². The fourth-order valence-electron chi connectivity index (χ4n) is 2.77. The maximum atomic E-state index is 11.5. The molecule has 1 atom stereocenters. The van der Waals surface area contributed by atoms with Crippen molar-refractivity contribution in [3.8, 4) is 0 Å². The number of nitrogens with two attached hydrogens (primary N) is 1. The van der Waals surface area contributed by atoms with Gasteiger partial charge in [0.1, 0.15) is 5.82 Å². The third-order valence-corrected chi connectivity index (χ3v) is 5.57. The molecule has 5 nitrogen and oxygen atoms in total. The zero-order chi connectivity index (χ0) is 13.6. The van der Waals surface area contributed by atoms with Crippen LogP contribution in [0.1, 0.15) is 12.2 Å². The molecule has 0 saturated carbocycles. The molecule has 19 heavy (non-hydrogen) atoms. The van der Waals surface area contributed by atoms with Crippen molar-refractivity contribution in [2.75, 3.05) is 17.2 Å². The van der Waals surface area contributed by atoms with E-state index in [0.717, 1.165) is 23.3 Å². The topological polar surface area (TPSA) is 78.0 Å². The minimum atomic E-state index is -2.83. The van der Waals surface area contributed by atoms with E-state index in [-0.39, 0.29) is 5.92 Å². The van der Waals surface area contributed by atoms with Gasteiger partial charge in [0.25, 0.3) is 0 Å². The maximum Gasteiger partial charge on any atom is 0.150 e. The SMILES string of the molecule is Cc1nc2cc(N)ccc2n1CC1CCS(=O)(=O)C1. The van der Waals surface area contributed by atoms with Crippen LogP contribution in [0.2, 0.25) is 0 Å². The Balaban J connectivity index is 1.95. The van der Waals surface area contributed by atoms with Crippen molar-refractivity contribution >= 4 is 26.6 Å². The average molecular weight is 279 g/mol. The molecule has 0 aliphatic carbocycles. The third kappa shape index (κ3) is 2.32. The van der Waals surface area contributed by atoms with E-state index in [1.165, 1.54) is 0 Å². The molecule has 2 aromatic rings. The minimum absolute atomic E-state index is 0.193. The molecule has 1 aromatic carbocycles. The summed E-state index contributed by atoms with van der Waals surface area (Å²) in [7, 11) is -2.83. The van der Waals surface area contributed by atoms with E-state index >= 15 is 0 Å². The van der Waals surface area contributed by atoms with E-state index in [2.05, 4.69) is 9.55 Å². The quantitative estimate of drug-likeness (QED) is 0.842. The molecule has 1 unspecified atom stereocenters. The van der Waals surface area contributed by atoms with Crippen molar-refractivity contribution in [3.05, 3.63) is 24.0 Å². The van der Waals surface area contributed by atoms with Crippen molar-refractivity contribution in [3.63, 3.8) is 0 Å². The Bertz CT molecular complexity index is 734. The summed E-state index contributed by atoms with van der Waals surface area (Å²) >= 11 is 0. The highest BCUT2D eigenvalue weighted by Gasteiger charge is 2.28. The number of imidazole rings is 1. The number of nitrogen functional groups attached to an aromatic ring is 1. The second kappa shape index (κ2) is 4.23. The number of hydrogen-bond donors (Lipinski definition) is 1. The molecule has 2 N–H and O–H groups in total. The van der Waals surface area contributed by atoms with Crippen LogP contribution in [0.4, 0.5) is 5.69 Å². The molecule has 0 spiro atoms. The van der Waals surface area contributed by atoms with Gasteiger partial charge in [-0.15, -0.1) is 0 Å². The smallest absolute Gasteiger partial charge is 0.150 e. The van der Waals surface area contributed by atoms with Gasteiger partial charge in [0, 0.05) is 12.2 Å². The second-order valence-electron chi connectivity index (χ2n) is 5.29. The average Bonchev–Trinajstić information content (AvgIpc) is 2.80. The number of nitrogens with zero attached hydrogens (tertiary/aromatic N) is 2. The van der Waals surface area contributed by atoms with Gasteiger partial charge in [-0.2, -0.15) is 0 Å². The zero-order valence-corrected chi connectivity index (χ0v) is 11.7. The van der Waals surface area contributed by atoms with Gasteiger partial charge in [-0.3, -0.25) is 0 Å². The normalized spacial score (nSPS) is 22.1. The molecule has 2 heterocycles. The van der Waals surface area contributed by atoms with Gasteiger partial charge in [0.05, 0.1) is 22.5 Å². The van der Waals surface area contributed by atoms with E-state index in [1.807, 2.05) is 25.1 Å². The predicted octanol–water partition coefficient (Wildman–Crippen LogP) is 1.36. The Morgan fingerprint density at radius 2 is 2.26 bits per heavy atom. The fraction of sp³-hybridized carbons (Fsp3) is 0.462. The predicted molar refractivity (Wildman–Crippen MR) is 75.6 cm³/mol. The van der Waals surface area contributed by atoms with Gasteiger partial charge < -0.3 is 10.3 Å². The summed E-state index contributed by atoms with van der Waals surface area (Å²) in [4.78, 5) is 4.49. The molecule has 1 saturated heterocycles. The summed E-state index contributed by atoms with van der Waals surface area (Å²) in [5.74, 6) is 1.71. The van der Waals surface area contributed by atoms with Crippen LogP contribution in [0, 0.1) is 12.8 Å². The Labute approximate surface area is 112 Å². The van der Waals surface area contributed by atoms with Gasteiger partial charge in [-0.25, -0.2) is 13.4 Å². The summed E-state index contributed by atoms with van der Waals surface area (Å²) in [6.07, 6.45) is 0.746. The van der Waals surface area contributed by atoms with E-state index in [1.54, 1.807) is 0 Å². The van der Waals surface area contributed by atoms with Crippen LogP contribution in [-0.4, -0.2) is 29.5 Å². The van der Waals surface area contributed by atoms with E-state index in [9.17, 15) is 8.42 Å². The van der Waals surface area contributed by atoms with Crippen LogP contribution >= 0.6 is 0 Å². The van der Waals surface area contributed by atoms with Gasteiger partial charge in [-0.05, 0) is 37.5 Å². The minimum Gasteiger partial charge on any atom is -0.399 e. The van der Waals surface area contributed by atoms with Gasteiger partial charge in [0.2, 0.25) is 0 Å². The first-order chi connectivity index (χ1) is 8.94. The lowest BCUT2D eigenvalue weighted by Gasteiger charge is -2.11. The number of hydrogen-bond acceptors (Lipinski definition) is 4. The summed E-state index contributed by atoms with van der Waals surface area (Å²) in [5.41, 5.74) is 8.35. The van der Waals surface area contributed by atoms with Crippen LogP contribution < -0.4 is 5.73 Å². The first-order valence-electron chi connectivity index (χ1n) is 6.37. The molecular weight excluding hydrogens is 262 g/mol. The van der Waals surface area contributed by atoms with Crippen molar-refractivity contribution in [2.24, 2.45) is 5.92 Å². The van der Waals surface area contributed by atoms with Crippen molar-refractivity contribution in [1.82, 2.24) is 9.55 Å². The zero-order valence-electron chi connectivity index (χ0n) is 10.8. The lowest BCUT2D eigenvalue weighted by Crippen LogP contribution is -2.13. The van der Waals surface area contributed by atoms with Crippen LogP contribution in [0.25, 0.3) is 11.0 Å². The van der Waals surface area contributed by atoms with E-state index in [0.29, 0.717) is 23.7 Å². The molecule has 102 valence electrons. The lowest BCUT2D eigenvalue weighted by molar-refractivity contribution is 0.492. The third-order valence-electron chi connectivity index (χ3n) is 3.73. The number of sulfone groups is 1. The van der Waals surface area contributed by atoms with Crippen LogP contribution in [-0.2, 0) is 16.4 Å². The first-order valence-corrected chi connectivity index (χ1v) is 8.19. The Kier molecular flexibility index (Phi) is 2.78. The first kappa shape index (κ1) is 12.5. The van der Waals surface area contributed by atoms with Crippen LogP contribution in [0.5, 0.6) is 0 Å². The Morgan fingerprint density at radius 1 is 1.47 bits per heavy atom. The van der Waals surface area contributed by atoms with Gasteiger partial charge in [-0.1, -0.05) is 0 Å². The fourth-order valence-corrected chi connectivity index (χ4v) is 4.62. The van der Waals surface area contributed by atoms with Crippen LogP contribution in [0.15, 0.2) is 18.2 Å². The molecule has 0 radical (unpaired) electrons. The largest absolute Gasteiger partial charge is 0.399 e. The molecule has 6 heteroatoms. The number of aromatic nitrogens is 2. The molecule has 3 rings (SSSR count). The van der Waals surface area contributed by atoms with Crippen molar-refractivity contribution in [2.45, 2.75) is 19.9 Å². The van der Waals surface area contributed by atoms with E-state index in [4.69, 9.17) is 5.73 Å². The number of benzene rings is 1. The van der Waals surface area contributed by atoms with Gasteiger partial charge >= 0.3 is 0 Å². The molecule has 0 bridgehead atoms. The molecule has 1 aromatic heterocycles. The standard InChI is InChI=1S/C13H17N3O2S/c1-9-15-12-6-11(14)2-3-13(12)16(9)7-10-4-5-19(17,18)8-10/h2-3,6,10H,4-5,7-8,14H2,1H3. The van der Waals surface area contributed by atoms with Crippen molar-refractivity contribution < 1.29 is 8.42 Å². The maximum absolute atomic E-state index is 11.5.